The molecule has 0 aliphatic carbocycles. The first-order valence-corrected chi connectivity index (χ1v) is 11.2. The molecule has 3 aromatic rings. The van der Waals surface area contributed by atoms with Crippen LogP contribution in [0.4, 0.5) is 14.9 Å². The van der Waals surface area contributed by atoms with Gasteiger partial charge in [-0.15, -0.1) is 23.1 Å². The van der Waals surface area contributed by atoms with Crippen LogP contribution in [0.3, 0.4) is 0 Å². The lowest BCUT2D eigenvalue weighted by atomic mass is 10.1. The van der Waals surface area contributed by atoms with Gasteiger partial charge in [-0.3, -0.25) is 9.78 Å². The van der Waals surface area contributed by atoms with E-state index in [4.69, 9.17) is 16.3 Å². The van der Waals surface area contributed by atoms with Crippen molar-refractivity contribution in [2.75, 3.05) is 12.0 Å². The Morgan fingerprint density at radius 3 is 2.87 bits per heavy atom. The van der Waals surface area contributed by atoms with Crippen LogP contribution in [0.15, 0.2) is 30.6 Å². The summed E-state index contributed by atoms with van der Waals surface area (Å²) in [6.07, 6.45) is 4.86. The number of thiazole rings is 1. The molecule has 1 aromatic carbocycles. The van der Waals surface area contributed by atoms with E-state index < -0.39 is 23.1 Å². The van der Waals surface area contributed by atoms with E-state index in [1.165, 1.54) is 48.5 Å². The Hall–Kier alpha value is -2.69. The van der Waals surface area contributed by atoms with Crippen molar-refractivity contribution in [3.05, 3.63) is 52.0 Å². The van der Waals surface area contributed by atoms with Crippen molar-refractivity contribution in [1.29, 1.82) is 0 Å². The van der Waals surface area contributed by atoms with Crippen LogP contribution < -0.4 is 15.0 Å². The molecule has 2 aromatic heterocycles. The fraction of sp³-hybridized carbons (Fsp3) is 0.200. The van der Waals surface area contributed by atoms with Gasteiger partial charge in [-0.2, -0.15) is 0 Å². The molecule has 0 spiro atoms. The summed E-state index contributed by atoms with van der Waals surface area (Å²) in [5, 5.41) is 3.28. The van der Waals surface area contributed by atoms with Gasteiger partial charge in [0.05, 0.1) is 46.0 Å². The third-order valence-electron chi connectivity index (χ3n) is 5.00. The van der Waals surface area contributed by atoms with Crippen LogP contribution in [0.1, 0.15) is 10.6 Å². The van der Waals surface area contributed by atoms with Crippen molar-refractivity contribution in [2.24, 2.45) is 0 Å². The third-order valence-corrected chi connectivity index (χ3v) is 7.68. The summed E-state index contributed by atoms with van der Waals surface area (Å²) >= 11 is 8.91. The second-order valence-electron chi connectivity index (χ2n) is 6.92. The van der Waals surface area contributed by atoms with E-state index in [0.717, 1.165) is 14.6 Å². The van der Waals surface area contributed by atoms with Crippen LogP contribution in [0.2, 0.25) is 5.02 Å². The quantitative estimate of drug-likeness (QED) is 0.603. The number of carbonyl (C=O) groups is 2. The number of anilines is 1. The van der Waals surface area contributed by atoms with E-state index in [1.54, 1.807) is 12.3 Å². The first-order chi connectivity index (χ1) is 14.9. The molecule has 4 heterocycles. The third kappa shape index (κ3) is 3.26. The van der Waals surface area contributed by atoms with Gasteiger partial charge in [0.15, 0.2) is 11.6 Å². The maximum absolute atomic E-state index is 13.9. The fourth-order valence-corrected chi connectivity index (χ4v) is 6.12. The lowest BCUT2D eigenvalue weighted by Crippen LogP contribution is -2.60. The second kappa shape index (κ2) is 7.47. The Morgan fingerprint density at radius 2 is 2.10 bits per heavy atom. The van der Waals surface area contributed by atoms with Crippen molar-refractivity contribution < 1.29 is 18.7 Å². The minimum Gasteiger partial charge on any atom is -0.494 e. The number of imide groups is 1. The molecule has 0 saturated carbocycles. The van der Waals surface area contributed by atoms with E-state index in [9.17, 15) is 14.0 Å². The number of aryl methyl sites for hydroxylation is 1. The van der Waals surface area contributed by atoms with Crippen LogP contribution in [-0.2, 0) is 4.79 Å². The molecule has 2 aliphatic heterocycles. The van der Waals surface area contributed by atoms with E-state index in [-0.39, 0.29) is 16.7 Å². The average Bonchev–Trinajstić information content (AvgIpc) is 3.31. The summed E-state index contributed by atoms with van der Waals surface area (Å²) in [6.45, 7) is 1.85. The zero-order valence-corrected chi connectivity index (χ0v) is 18.6. The first kappa shape index (κ1) is 20.2. The standard InChI is InChI=1S/C20H14ClFN4O3S2/c1-8-24-13-6-23-7-14(17(13)30-8)26-19(27)18-12(25-20(26)28)5-16(31-18)9-3-15(29-2)11(22)4-10(9)21/h3-7,12,18H,1-2H3,(H,25,28). The number of amides is 3. The highest BCUT2D eigenvalue weighted by molar-refractivity contribution is 8.09. The zero-order chi connectivity index (χ0) is 21.9. The summed E-state index contributed by atoms with van der Waals surface area (Å²) in [5.74, 6) is -0.894. The van der Waals surface area contributed by atoms with Gasteiger partial charge in [0, 0.05) is 10.5 Å². The minimum absolute atomic E-state index is 0.0473. The Kier molecular flexibility index (Phi) is 4.87. The van der Waals surface area contributed by atoms with Crippen molar-refractivity contribution in [3.8, 4) is 5.75 Å². The van der Waals surface area contributed by atoms with Gasteiger partial charge in [-0.1, -0.05) is 11.6 Å². The normalized spacial score (nSPS) is 20.6. The zero-order valence-electron chi connectivity index (χ0n) is 16.2. The van der Waals surface area contributed by atoms with E-state index in [1.807, 2.05) is 6.92 Å². The summed E-state index contributed by atoms with van der Waals surface area (Å²) < 4.78 is 19.7. The number of halogens is 2. The van der Waals surface area contributed by atoms with Crippen LogP contribution in [0, 0.1) is 12.7 Å². The Labute approximate surface area is 189 Å². The molecular weight excluding hydrogens is 463 g/mol. The van der Waals surface area contributed by atoms with Crippen LogP contribution in [0.25, 0.3) is 15.1 Å². The molecule has 11 heteroatoms. The number of pyridine rings is 1. The average molecular weight is 477 g/mol. The van der Waals surface area contributed by atoms with E-state index in [2.05, 4.69) is 15.3 Å². The SMILES string of the molecule is COc1cc(C2=CC3NC(=O)N(c4cncc5nc(C)sc45)C(=O)C3S2)c(Cl)cc1F. The van der Waals surface area contributed by atoms with E-state index in [0.29, 0.717) is 21.7 Å². The molecule has 2 aliphatic rings. The number of nitrogens with one attached hydrogen (secondary N) is 1. The van der Waals surface area contributed by atoms with Crippen molar-refractivity contribution in [3.63, 3.8) is 0 Å². The van der Waals surface area contributed by atoms with Gasteiger partial charge in [-0.25, -0.2) is 19.1 Å². The minimum atomic E-state index is -0.593. The fourth-order valence-electron chi connectivity index (χ4n) is 3.62. The first-order valence-electron chi connectivity index (χ1n) is 9.15. The van der Waals surface area contributed by atoms with Gasteiger partial charge in [-0.05, 0) is 25.1 Å². The molecular formula is C20H14ClFN4O3S2. The number of aromatic nitrogens is 2. The molecule has 0 bridgehead atoms. The topological polar surface area (TPSA) is 84.4 Å². The lowest BCUT2D eigenvalue weighted by Gasteiger charge is -2.33. The molecule has 1 fully saturated rings. The number of carbonyl (C=O) groups excluding carboxylic acids is 2. The number of ether oxygens (including phenoxy) is 1. The van der Waals surface area contributed by atoms with Gasteiger partial charge in [0.2, 0.25) is 0 Å². The van der Waals surface area contributed by atoms with E-state index >= 15 is 0 Å². The molecule has 1 saturated heterocycles. The maximum Gasteiger partial charge on any atom is 0.329 e. The predicted octanol–water partition coefficient (Wildman–Crippen LogP) is 4.38. The number of thioether (sulfide) groups is 1. The summed E-state index contributed by atoms with van der Waals surface area (Å²) in [7, 11) is 1.36. The molecule has 2 atom stereocenters. The number of rotatable bonds is 3. The van der Waals surface area contributed by atoms with Gasteiger partial charge < -0.3 is 10.1 Å². The summed E-state index contributed by atoms with van der Waals surface area (Å²) in [4.78, 5) is 36.5. The van der Waals surface area contributed by atoms with Crippen LogP contribution in [0.5, 0.6) is 5.75 Å². The molecule has 0 radical (unpaired) electrons. The second-order valence-corrected chi connectivity index (χ2v) is 9.72. The van der Waals surface area contributed by atoms with Crippen molar-refractivity contribution in [1.82, 2.24) is 15.3 Å². The predicted molar refractivity (Wildman–Crippen MR) is 119 cm³/mol. The van der Waals surface area contributed by atoms with Crippen LogP contribution >= 0.6 is 34.7 Å². The molecule has 3 amide bonds. The monoisotopic (exact) mass is 476 g/mol. The molecule has 158 valence electrons. The number of fused-ring (bicyclic) bond motifs is 2. The number of hydrogen-bond acceptors (Lipinski definition) is 7. The largest absolute Gasteiger partial charge is 0.494 e. The van der Waals surface area contributed by atoms with Crippen molar-refractivity contribution >= 4 is 67.4 Å². The Morgan fingerprint density at radius 1 is 1.29 bits per heavy atom. The van der Waals surface area contributed by atoms with Crippen molar-refractivity contribution in [2.45, 2.75) is 18.2 Å². The number of methoxy groups -OCH3 is 1. The lowest BCUT2D eigenvalue weighted by molar-refractivity contribution is -0.118. The molecule has 5 rings (SSSR count). The van der Waals surface area contributed by atoms with Gasteiger partial charge in [0.1, 0.15) is 10.8 Å². The molecule has 31 heavy (non-hydrogen) atoms. The number of urea groups is 1. The van der Waals surface area contributed by atoms with Gasteiger partial charge >= 0.3 is 6.03 Å². The Balaban J connectivity index is 1.50. The molecule has 1 N–H and O–H groups in total. The highest BCUT2D eigenvalue weighted by Gasteiger charge is 2.46. The number of benzene rings is 1. The summed E-state index contributed by atoms with van der Waals surface area (Å²) in [6, 6.07) is 1.61. The van der Waals surface area contributed by atoms with Crippen LogP contribution in [-0.4, -0.2) is 40.3 Å². The van der Waals surface area contributed by atoms with Gasteiger partial charge in [0.25, 0.3) is 5.91 Å². The highest BCUT2D eigenvalue weighted by Crippen LogP contribution is 2.46. The molecule has 2 unspecified atom stereocenters. The summed E-state index contributed by atoms with van der Waals surface area (Å²) in [5.41, 5.74) is 1.57. The smallest absolute Gasteiger partial charge is 0.329 e. The highest BCUT2D eigenvalue weighted by atomic mass is 35.5. The number of nitrogens with zero attached hydrogens (tertiary/aromatic N) is 3. The molecule has 7 nitrogen and oxygen atoms in total. The number of hydrogen-bond donors (Lipinski definition) is 1. The maximum atomic E-state index is 13.9. The Bertz CT molecular complexity index is 1290.